The second kappa shape index (κ2) is 5.35. The van der Waals surface area contributed by atoms with Crippen molar-refractivity contribution in [2.24, 2.45) is 0 Å². The van der Waals surface area contributed by atoms with Crippen molar-refractivity contribution in [2.75, 3.05) is 13.7 Å². The van der Waals surface area contributed by atoms with Crippen LogP contribution in [0.4, 0.5) is 0 Å². The summed E-state index contributed by atoms with van der Waals surface area (Å²) in [5.74, 6) is 0.981. The van der Waals surface area contributed by atoms with Gasteiger partial charge in [0.15, 0.2) is 0 Å². The fraction of sp³-hybridized carbons (Fsp3) is 0.571. The standard InChI is InChI=1S/C14H21NO/c1-3-9-15-14-6-4-5-11-10-12(16-2)7-8-13(11)14/h7-8,10,14-15H,3-6,9H2,1-2H3/t14-/m1/s1. The zero-order valence-corrected chi connectivity index (χ0v) is 10.3. The van der Waals surface area contributed by atoms with E-state index in [1.54, 1.807) is 7.11 Å². The van der Waals surface area contributed by atoms with E-state index in [9.17, 15) is 0 Å². The summed E-state index contributed by atoms with van der Waals surface area (Å²) >= 11 is 0. The van der Waals surface area contributed by atoms with Gasteiger partial charge in [-0.05, 0) is 55.5 Å². The molecule has 2 nitrogen and oxygen atoms in total. The molecule has 1 aliphatic carbocycles. The molecule has 2 heteroatoms. The van der Waals surface area contributed by atoms with E-state index >= 15 is 0 Å². The maximum absolute atomic E-state index is 5.28. The Morgan fingerprint density at radius 3 is 3.06 bits per heavy atom. The molecule has 88 valence electrons. The summed E-state index contributed by atoms with van der Waals surface area (Å²) in [6.07, 6.45) is 4.93. The van der Waals surface area contributed by atoms with Gasteiger partial charge in [0.05, 0.1) is 7.11 Å². The lowest BCUT2D eigenvalue weighted by Gasteiger charge is -2.26. The molecular weight excluding hydrogens is 198 g/mol. The molecule has 0 amide bonds. The SMILES string of the molecule is CCCN[C@@H]1CCCc2cc(OC)ccc21. The van der Waals surface area contributed by atoms with E-state index < -0.39 is 0 Å². The number of hydrogen-bond acceptors (Lipinski definition) is 2. The zero-order valence-electron chi connectivity index (χ0n) is 10.3. The van der Waals surface area contributed by atoms with Crippen LogP contribution in [0, 0.1) is 0 Å². The molecule has 0 unspecified atom stereocenters. The molecule has 0 aliphatic heterocycles. The zero-order chi connectivity index (χ0) is 11.4. The van der Waals surface area contributed by atoms with Crippen molar-refractivity contribution in [1.29, 1.82) is 0 Å². The van der Waals surface area contributed by atoms with Crippen LogP contribution < -0.4 is 10.1 Å². The quantitative estimate of drug-likeness (QED) is 0.840. The predicted octanol–water partition coefficient (Wildman–Crippen LogP) is 3.07. The van der Waals surface area contributed by atoms with Gasteiger partial charge < -0.3 is 10.1 Å². The molecule has 0 bridgehead atoms. The first-order chi connectivity index (χ1) is 7.85. The van der Waals surface area contributed by atoms with E-state index in [0.29, 0.717) is 6.04 Å². The van der Waals surface area contributed by atoms with Crippen molar-refractivity contribution < 1.29 is 4.74 Å². The Kier molecular flexibility index (Phi) is 3.83. The molecule has 2 rings (SSSR count). The summed E-state index contributed by atoms with van der Waals surface area (Å²) in [6, 6.07) is 7.04. The molecule has 1 aromatic rings. The molecular formula is C14H21NO. The number of aryl methyl sites for hydroxylation is 1. The van der Waals surface area contributed by atoms with Gasteiger partial charge in [0, 0.05) is 6.04 Å². The van der Waals surface area contributed by atoms with Gasteiger partial charge in [0.1, 0.15) is 5.75 Å². The van der Waals surface area contributed by atoms with Crippen LogP contribution in [0.2, 0.25) is 0 Å². The van der Waals surface area contributed by atoms with E-state index in [4.69, 9.17) is 4.74 Å². The maximum atomic E-state index is 5.28. The summed E-state index contributed by atoms with van der Waals surface area (Å²) in [4.78, 5) is 0. The van der Waals surface area contributed by atoms with Crippen molar-refractivity contribution >= 4 is 0 Å². The average Bonchev–Trinajstić information content (AvgIpc) is 2.35. The first-order valence-corrected chi connectivity index (χ1v) is 6.25. The lowest BCUT2D eigenvalue weighted by atomic mass is 9.87. The third-order valence-electron chi connectivity index (χ3n) is 3.31. The van der Waals surface area contributed by atoms with E-state index in [2.05, 4.69) is 30.4 Å². The molecule has 0 aromatic heterocycles. The van der Waals surface area contributed by atoms with Crippen molar-refractivity contribution in [3.05, 3.63) is 29.3 Å². The number of nitrogens with one attached hydrogen (secondary N) is 1. The third-order valence-corrected chi connectivity index (χ3v) is 3.31. The van der Waals surface area contributed by atoms with Crippen LogP contribution in [0.1, 0.15) is 43.4 Å². The number of hydrogen-bond donors (Lipinski definition) is 1. The van der Waals surface area contributed by atoms with E-state index in [-0.39, 0.29) is 0 Å². The lowest BCUT2D eigenvalue weighted by molar-refractivity contribution is 0.410. The maximum Gasteiger partial charge on any atom is 0.119 e. The third kappa shape index (κ3) is 2.38. The summed E-state index contributed by atoms with van der Waals surface area (Å²) < 4.78 is 5.28. The van der Waals surface area contributed by atoms with E-state index in [0.717, 1.165) is 12.3 Å². The number of benzene rings is 1. The van der Waals surface area contributed by atoms with Crippen LogP contribution in [0.15, 0.2) is 18.2 Å². The molecule has 16 heavy (non-hydrogen) atoms. The van der Waals surface area contributed by atoms with E-state index in [1.807, 2.05) is 0 Å². The normalized spacial score (nSPS) is 19.2. The summed E-state index contributed by atoms with van der Waals surface area (Å²) in [5, 5.41) is 3.62. The molecule has 0 heterocycles. The molecule has 0 radical (unpaired) electrons. The van der Waals surface area contributed by atoms with Gasteiger partial charge in [-0.25, -0.2) is 0 Å². The number of fused-ring (bicyclic) bond motifs is 1. The lowest BCUT2D eigenvalue weighted by Crippen LogP contribution is -2.25. The van der Waals surface area contributed by atoms with Crippen molar-refractivity contribution in [3.63, 3.8) is 0 Å². The van der Waals surface area contributed by atoms with Gasteiger partial charge in [0.2, 0.25) is 0 Å². The monoisotopic (exact) mass is 219 g/mol. The predicted molar refractivity (Wildman–Crippen MR) is 67.0 cm³/mol. The second-order valence-corrected chi connectivity index (χ2v) is 4.46. The first kappa shape index (κ1) is 11.5. The fourth-order valence-corrected chi connectivity index (χ4v) is 2.45. The Bertz CT molecular complexity index is 349. The van der Waals surface area contributed by atoms with Crippen LogP contribution >= 0.6 is 0 Å². The smallest absolute Gasteiger partial charge is 0.119 e. The number of ether oxygens (including phenoxy) is 1. The van der Waals surface area contributed by atoms with Gasteiger partial charge in [0.25, 0.3) is 0 Å². The minimum absolute atomic E-state index is 0.551. The largest absolute Gasteiger partial charge is 0.497 e. The van der Waals surface area contributed by atoms with Crippen LogP contribution in [0.25, 0.3) is 0 Å². The van der Waals surface area contributed by atoms with Gasteiger partial charge in [-0.2, -0.15) is 0 Å². The van der Waals surface area contributed by atoms with Crippen molar-refractivity contribution in [3.8, 4) is 5.75 Å². The Labute approximate surface area is 98.0 Å². The Morgan fingerprint density at radius 2 is 2.31 bits per heavy atom. The first-order valence-electron chi connectivity index (χ1n) is 6.25. The number of methoxy groups -OCH3 is 1. The Balaban J connectivity index is 2.18. The van der Waals surface area contributed by atoms with Gasteiger partial charge in [-0.1, -0.05) is 13.0 Å². The van der Waals surface area contributed by atoms with Crippen molar-refractivity contribution in [1.82, 2.24) is 5.32 Å². The highest BCUT2D eigenvalue weighted by Crippen LogP contribution is 2.31. The molecule has 0 saturated carbocycles. The molecule has 1 aliphatic rings. The second-order valence-electron chi connectivity index (χ2n) is 4.46. The highest BCUT2D eigenvalue weighted by molar-refractivity contribution is 5.39. The summed E-state index contributed by atoms with van der Waals surface area (Å²) in [6.45, 7) is 3.32. The van der Waals surface area contributed by atoms with Crippen molar-refractivity contribution in [2.45, 2.75) is 38.6 Å². The van der Waals surface area contributed by atoms with E-state index in [1.165, 1.54) is 36.8 Å². The molecule has 1 N–H and O–H groups in total. The molecule has 1 atom stereocenters. The van der Waals surface area contributed by atoms with Crippen LogP contribution in [0.3, 0.4) is 0 Å². The molecule has 0 saturated heterocycles. The Hall–Kier alpha value is -1.02. The van der Waals surface area contributed by atoms with Gasteiger partial charge in [-0.3, -0.25) is 0 Å². The minimum Gasteiger partial charge on any atom is -0.497 e. The van der Waals surface area contributed by atoms with Gasteiger partial charge in [-0.15, -0.1) is 0 Å². The van der Waals surface area contributed by atoms with Crippen LogP contribution in [0.5, 0.6) is 5.75 Å². The fourth-order valence-electron chi connectivity index (χ4n) is 2.45. The summed E-state index contributed by atoms with van der Waals surface area (Å²) in [5.41, 5.74) is 2.93. The molecule has 0 fully saturated rings. The minimum atomic E-state index is 0.551. The molecule has 0 spiro atoms. The highest BCUT2D eigenvalue weighted by Gasteiger charge is 2.19. The van der Waals surface area contributed by atoms with Gasteiger partial charge >= 0.3 is 0 Å². The number of rotatable bonds is 4. The van der Waals surface area contributed by atoms with Crippen LogP contribution in [-0.2, 0) is 6.42 Å². The van der Waals surface area contributed by atoms with Crippen LogP contribution in [-0.4, -0.2) is 13.7 Å². The highest BCUT2D eigenvalue weighted by atomic mass is 16.5. The Morgan fingerprint density at radius 1 is 1.44 bits per heavy atom. The summed E-state index contributed by atoms with van der Waals surface area (Å²) in [7, 11) is 1.73. The molecule has 1 aromatic carbocycles. The average molecular weight is 219 g/mol. The topological polar surface area (TPSA) is 21.3 Å².